The maximum atomic E-state index is 9.96. The van der Waals surface area contributed by atoms with Gasteiger partial charge in [0.1, 0.15) is 17.4 Å². The lowest BCUT2D eigenvalue weighted by atomic mass is 10.1. The second-order valence-corrected chi connectivity index (χ2v) is 4.42. The van der Waals surface area contributed by atoms with E-state index in [1.165, 1.54) is 0 Å². The Bertz CT molecular complexity index is 494. The summed E-state index contributed by atoms with van der Waals surface area (Å²) in [5.41, 5.74) is 2.04. The molecule has 1 aliphatic rings. The van der Waals surface area contributed by atoms with Crippen molar-refractivity contribution < 1.29 is 9.52 Å². The fourth-order valence-corrected chi connectivity index (χ4v) is 2.02. The van der Waals surface area contributed by atoms with Gasteiger partial charge in [0.05, 0.1) is 0 Å². The van der Waals surface area contributed by atoms with E-state index in [0.29, 0.717) is 5.92 Å². The average Bonchev–Trinajstić information content (AvgIpc) is 2.97. The van der Waals surface area contributed by atoms with Crippen LogP contribution >= 0.6 is 0 Å². The Morgan fingerprint density at radius 2 is 2.20 bits per heavy atom. The highest BCUT2D eigenvalue weighted by atomic mass is 16.4. The molecule has 1 aliphatic carbocycles. The molecule has 2 nitrogen and oxygen atoms in total. The lowest BCUT2D eigenvalue weighted by Gasteiger charge is -2.03. The van der Waals surface area contributed by atoms with Gasteiger partial charge in [-0.25, -0.2) is 0 Å². The Morgan fingerprint density at radius 3 is 2.87 bits per heavy atom. The summed E-state index contributed by atoms with van der Waals surface area (Å²) in [5, 5.41) is 11.0. The maximum absolute atomic E-state index is 9.96. The molecule has 15 heavy (non-hydrogen) atoms. The van der Waals surface area contributed by atoms with Crippen LogP contribution in [0.15, 0.2) is 28.7 Å². The number of benzene rings is 1. The second kappa shape index (κ2) is 3.11. The van der Waals surface area contributed by atoms with Crippen molar-refractivity contribution in [2.24, 2.45) is 5.92 Å². The SMILES string of the molecule is Cc1cccc2cc(C(O)C3CC3)oc12. The van der Waals surface area contributed by atoms with Crippen molar-refractivity contribution in [2.75, 3.05) is 0 Å². The van der Waals surface area contributed by atoms with E-state index in [4.69, 9.17) is 4.42 Å². The fourth-order valence-electron chi connectivity index (χ4n) is 2.02. The van der Waals surface area contributed by atoms with Gasteiger partial charge in [0.25, 0.3) is 0 Å². The molecule has 0 spiro atoms. The van der Waals surface area contributed by atoms with E-state index in [2.05, 4.69) is 0 Å². The molecule has 3 rings (SSSR count). The van der Waals surface area contributed by atoms with Crippen LogP contribution in [0.4, 0.5) is 0 Å². The lowest BCUT2D eigenvalue weighted by Crippen LogP contribution is -1.96. The van der Waals surface area contributed by atoms with Crippen LogP contribution in [0, 0.1) is 12.8 Å². The summed E-state index contributed by atoms with van der Waals surface area (Å²) < 4.78 is 5.71. The van der Waals surface area contributed by atoms with Crippen LogP contribution in [0.2, 0.25) is 0 Å². The van der Waals surface area contributed by atoms with Crippen molar-refractivity contribution in [2.45, 2.75) is 25.9 Å². The Balaban J connectivity index is 2.09. The molecule has 78 valence electrons. The van der Waals surface area contributed by atoms with Crippen LogP contribution < -0.4 is 0 Å². The van der Waals surface area contributed by atoms with E-state index in [0.717, 1.165) is 35.1 Å². The summed E-state index contributed by atoms with van der Waals surface area (Å²) >= 11 is 0. The van der Waals surface area contributed by atoms with Gasteiger partial charge in [-0.1, -0.05) is 18.2 Å². The maximum Gasteiger partial charge on any atom is 0.137 e. The average molecular weight is 202 g/mol. The van der Waals surface area contributed by atoms with E-state index in [1.807, 2.05) is 31.2 Å². The molecule has 2 aromatic rings. The molecule has 1 aromatic heterocycles. The lowest BCUT2D eigenvalue weighted by molar-refractivity contribution is 0.129. The van der Waals surface area contributed by atoms with E-state index < -0.39 is 6.10 Å². The molecule has 1 aromatic carbocycles. The minimum Gasteiger partial charge on any atom is -0.458 e. The normalized spacial score (nSPS) is 18.3. The zero-order valence-corrected chi connectivity index (χ0v) is 8.73. The van der Waals surface area contributed by atoms with Gasteiger partial charge in [0.15, 0.2) is 0 Å². The van der Waals surface area contributed by atoms with E-state index in [-0.39, 0.29) is 0 Å². The Labute approximate surface area is 88.5 Å². The molecule has 1 heterocycles. The molecular weight excluding hydrogens is 188 g/mol. The Kier molecular flexibility index (Phi) is 1.86. The van der Waals surface area contributed by atoms with Crippen molar-refractivity contribution >= 4 is 11.0 Å². The van der Waals surface area contributed by atoms with Gasteiger partial charge in [-0.3, -0.25) is 0 Å². The molecule has 0 bridgehead atoms. The first-order valence-electron chi connectivity index (χ1n) is 5.43. The van der Waals surface area contributed by atoms with Gasteiger partial charge in [0, 0.05) is 5.39 Å². The molecule has 0 aliphatic heterocycles. The Morgan fingerprint density at radius 1 is 1.40 bits per heavy atom. The van der Waals surface area contributed by atoms with E-state index >= 15 is 0 Å². The van der Waals surface area contributed by atoms with Crippen LogP contribution in [0.5, 0.6) is 0 Å². The highest BCUT2D eigenvalue weighted by Crippen LogP contribution is 2.42. The zero-order chi connectivity index (χ0) is 10.4. The fraction of sp³-hybridized carbons (Fsp3) is 0.385. The Hall–Kier alpha value is -1.28. The number of hydrogen-bond donors (Lipinski definition) is 1. The molecule has 0 amide bonds. The standard InChI is InChI=1S/C13H14O2/c1-8-3-2-4-10-7-11(15-13(8)10)12(14)9-5-6-9/h2-4,7,9,12,14H,5-6H2,1H3. The van der Waals surface area contributed by atoms with Crippen LogP contribution in [0.25, 0.3) is 11.0 Å². The summed E-state index contributed by atoms with van der Waals surface area (Å²) in [5.74, 6) is 1.15. The third kappa shape index (κ3) is 1.45. The third-order valence-corrected chi connectivity index (χ3v) is 3.12. The predicted octanol–water partition coefficient (Wildman–Crippen LogP) is 3.18. The largest absolute Gasteiger partial charge is 0.458 e. The quantitative estimate of drug-likeness (QED) is 0.811. The first kappa shape index (κ1) is 8.98. The van der Waals surface area contributed by atoms with Crippen molar-refractivity contribution in [3.05, 3.63) is 35.6 Å². The van der Waals surface area contributed by atoms with Gasteiger partial charge in [0.2, 0.25) is 0 Å². The number of furan rings is 1. The van der Waals surface area contributed by atoms with Gasteiger partial charge in [-0.05, 0) is 37.3 Å². The molecule has 0 radical (unpaired) electrons. The number of aliphatic hydroxyl groups excluding tert-OH is 1. The van der Waals surface area contributed by atoms with Crippen LogP contribution in [0.1, 0.15) is 30.3 Å². The van der Waals surface area contributed by atoms with Gasteiger partial charge < -0.3 is 9.52 Å². The molecule has 0 saturated heterocycles. The summed E-state index contributed by atoms with van der Waals surface area (Å²) in [6.07, 6.45) is 1.84. The summed E-state index contributed by atoms with van der Waals surface area (Å²) in [4.78, 5) is 0. The van der Waals surface area contributed by atoms with E-state index in [9.17, 15) is 5.11 Å². The van der Waals surface area contributed by atoms with Crippen molar-refractivity contribution in [1.82, 2.24) is 0 Å². The molecule has 2 heteroatoms. The zero-order valence-electron chi connectivity index (χ0n) is 8.73. The topological polar surface area (TPSA) is 33.4 Å². The summed E-state index contributed by atoms with van der Waals surface area (Å²) in [6.45, 7) is 2.03. The molecule has 1 N–H and O–H groups in total. The van der Waals surface area contributed by atoms with Crippen molar-refractivity contribution in [3.63, 3.8) is 0 Å². The number of para-hydroxylation sites is 1. The highest BCUT2D eigenvalue weighted by molar-refractivity contribution is 5.80. The molecule has 1 atom stereocenters. The van der Waals surface area contributed by atoms with Crippen molar-refractivity contribution in [1.29, 1.82) is 0 Å². The second-order valence-electron chi connectivity index (χ2n) is 4.42. The molecule has 1 saturated carbocycles. The van der Waals surface area contributed by atoms with Gasteiger partial charge in [-0.2, -0.15) is 0 Å². The molecule has 1 fully saturated rings. The molecule has 1 unspecified atom stereocenters. The monoisotopic (exact) mass is 202 g/mol. The third-order valence-electron chi connectivity index (χ3n) is 3.12. The number of aryl methyl sites for hydroxylation is 1. The minimum absolute atomic E-state index is 0.406. The number of hydrogen-bond acceptors (Lipinski definition) is 2. The number of rotatable bonds is 2. The minimum atomic E-state index is -0.406. The highest BCUT2D eigenvalue weighted by Gasteiger charge is 2.32. The van der Waals surface area contributed by atoms with Gasteiger partial charge in [-0.15, -0.1) is 0 Å². The number of aliphatic hydroxyl groups is 1. The predicted molar refractivity (Wildman–Crippen MR) is 58.6 cm³/mol. The first-order chi connectivity index (χ1) is 7.25. The van der Waals surface area contributed by atoms with Crippen LogP contribution in [0.3, 0.4) is 0 Å². The first-order valence-corrected chi connectivity index (χ1v) is 5.43. The van der Waals surface area contributed by atoms with Gasteiger partial charge >= 0.3 is 0 Å². The smallest absolute Gasteiger partial charge is 0.137 e. The number of fused-ring (bicyclic) bond motifs is 1. The summed E-state index contributed by atoms with van der Waals surface area (Å²) in [6, 6.07) is 8.03. The van der Waals surface area contributed by atoms with Crippen LogP contribution in [-0.2, 0) is 0 Å². The van der Waals surface area contributed by atoms with E-state index in [1.54, 1.807) is 0 Å². The summed E-state index contributed by atoms with van der Waals surface area (Å²) in [7, 11) is 0. The molecular formula is C13H14O2. The van der Waals surface area contributed by atoms with Crippen LogP contribution in [-0.4, -0.2) is 5.11 Å². The van der Waals surface area contributed by atoms with Crippen molar-refractivity contribution in [3.8, 4) is 0 Å².